The molecule has 1 aromatic carbocycles. The number of imide groups is 1. The van der Waals surface area contributed by atoms with E-state index in [1.165, 1.54) is 4.88 Å². The molecule has 1 aliphatic carbocycles. The lowest BCUT2D eigenvalue weighted by molar-refractivity contribution is -0.115. The summed E-state index contributed by atoms with van der Waals surface area (Å²) in [7, 11) is 0. The molecule has 2 fully saturated rings. The summed E-state index contributed by atoms with van der Waals surface area (Å²) in [6, 6.07) is 10.1. The second-order valence-corrected chi connectivity index (χ2v) is 10.1. The monoisotopic (exact) mass is 500 g/mol. The van der Waals surface area contributed by atoms with E-state index >= 15 is 0 Å². The molecule has 6 rings (SSSR count). The van der Waals surface area contributed by atoms with Crippen LogP contribution in [0.15, 0.2) is 42.2 Å². The summed E-state index contributed by atoms with van der Waals surface area (Å²) in [5.41, 5.74) is 4.69. The van der Waals surface area contributed by atoms with Gasteiger partial charge in [0.15, 0.2) is 5.65 Å². The van der Waals surface area contributed by atoms with Crippen molar-refractivity contribution in [3.63, 3.8) is 0 Å². The molecule has 0 atom stereocenters. The van der Waals surface area contributed by atoms with Gasteiger partial charge in [0.2, 0.25) is 0 Å². The van der Waals surface area contributed by atoms with Gasteiger partial charge in [0.25, 0.3) is 5.91 Å². The quantitative estimate of drug-likeness (QED) is 0.224. The number of nitrogens with zero attached hydrogens (tertiary/aromatic N) is 4. The Labute approximate surface area is 210 Å². The number of hydrogen-bond donors (Lipinski definition) is 4. The summed E-state index contributed by atoms with van der Waals surface area (Å²) in [6.07, 6.45) is 5.44. The Morgan fingerprint density at radius 2 is 2.00 bits per heavy atom. The third kappa shape index (κ3) is 4.29. The van der Waals surface area contributed by atoms with Crippen LogP contribution in [0, 0.1) is 13.8 Å². The Hall–Kier alpha value is -4.25. The molecule has 1 aliphatic heterocycles. The molecule has 36 heavy (non-hydrogen) atoms. The predicted molar refractivity (Wildman–Crippen MR) is 139 cm³/mol. The van der Waals surface area contributed by atoms with Crippen molar-refractivity contribution >= 4 is 46.6 Å². The topological polar surface area (TPSA) is 125 Å². The standard InChI is InChI=1S/C25H24N8O2S/c1-13-22(36-14(2)28-13)18-6-4-3-5-15(18)11-26-20-10-21(29-17-7-8-17)33-23(31-20)16(12-27-33)9-19-24(34)32-25(35)30-19/h3-6,9-10,12,17,29H,7-8,11H2,1-2H3,(H,26,31)(H2,30,32,34,35)/b19-9-. The van der Waals surface area contributed by atoms with Crippen LogP contribution in [0.3, 0.4) is 0 Å². The zero-order valence-corrected chi connectivity index (χ0v) is 20.6. The predicted octanol–water partition coefficient (Wildman–Crippen LogP) is 3.84. The molecule has 182 valence electrons. The van der Waals surface area contributed by atoms with Gasteiger partial charge < -0.3 is 16.0 Å². The van der Waals surface area contributed by atoms with Gasteiger partial charge >= 0.3 is 6.03 Å². The van der Waals surface area contributed by atoms with Gasteiger partial charge in [-0.05, 0) is 43.9 Å². The van der Waals surface area contributed by atoms with Crippen molar-refractivity contribution in [2.45, 2.75) is 39.3 Å². The van der Waals surface area contributed by atoms with Crippen LogP contribution in [0.2, 0.25) is 0 Å². The first-order chi connectivity index (χ1) is 17.4. The van der Waals surface area contributed by atoms with Crippen LogP contribution in [0.4, 0.5) is 16.4 Å². The lowest BCUT2D eigenvalue weighted by Gasteiger charge is -2.13. The maximum atomic E-state index is 12.0. The highest BCUT2D eigenvalue weighted by atomic mass is 32.1. The van der Waals surface area contributed by atoms with Crippen molar-refractivity contribution in [1.29, 1.82) is 0 Å². The Morgan fingerprint density at radius 1 is 1.17 bits per heavy atom. The van der Waals surface area contributed by atoms with Crippen molar-refractivity contribution in [3.8, 4) is 10.4 Å². The molecule has 3 amide bonds. The second kappa shape index (κ2) is 8.76. The lowest BCUT2D eigenvalue weighted by Crippen LogP contribution is -2.22. The minimum Gasteiger partial charge on any atom is -0.367 e. The number of aromatic nitrogens is 4. The molecule has 11 heteroatoms. The zero-order chi connectivity index (χ0) is 24.8. The maximum Gasteiger partial charge on any atom is 0.326 e. The average molecular weight is 501 g/mol. The number of amides is 3. The lowest BCUT2D eigenvalue weighted by atomic mass is 10.1. The van der Waals surface area contributed by atoms with Crippen molar-refractivity contribution in [2.75, 3.05) is 10.6 Å². The molecular formula is C25H24N8O2S. The van der Waals surface area contributed by atoms with E-state index in [0.717, 1.165) is 40.5 Å². The summed E-state index contributed by atoms with van der Waals surface area (Å²) < 4.78 is 1.72. The fourth-order valence-corrected chi connectivity index (χ4v) is 5.19. The summed E-state index contributed by atoms with van der Waals surface area (Å²) in [4.78, 5) is 34.1. The summed E-state index contributed by atoms with van der Waals surface area (Å²) in [6.45, 7) is 4.63. The van der Waals surface area contributed by atoms with Crippen LogP contribution >= 0.6 is 11.3 Å². The van der Waals surface area contributed by atoms with Gasteiger partial charge in [0, 0.05) is 24.2 Å². The van der Waals surface area contributed by atoms with Crippen LogP contribution < -0.4 is 21.3 Å². The molecule has 0 spiro atoms. The molecule has 3 aromatic heterocycles. The van der Waals surface area contributed by atoms with E-state index in [1.807, 2.05) is 32.0 Å². The van der Waals surface area contributed by atoms with E-state index in [2.05, 4.69) is 43.5 Å². The summed E-state index contributed by atoms with van der Waals surface area (Å²) in [5.74, 6) is 1.02. The minimum atomic E-state index is -0.542. The maximum absolute atomic E-state index is 12.0. The van der Waals surface area contributed by atoms with Crippen molar-refractivity contribution < 1.29 is 9.59 Å². The highest BCUT2D eigenvalue weighted by molar-refractivity contribution is 7.15. The third-order valence-corrected chi connectivity index (χ3v) is 7.18. The van der Waals surface area contributed by atoms with Crippen LogP contribution in [0.5, 0.6) is 0 Å². The highest BCUT2D eigenvalue weighted by Gasteiger charge is 2.25. The van der Waals surface area contributed by atoms with Crippen molar-refractivity contribution in [2.24, 2.45) is 0 Å². The third-order valence-electron chi connectivity index (χ3n) is 6.07. The van der Waals surface area contributed by atoms with E-state index in [0.29, 0.717) is 29.6 Å². The zero-order valence-electron chi connectivity index (χ0n) is 19.8. The summed E-state index contributed by atoms with van der Waals surface area (Å²) >= 11 is 1.69. The number of carbonyl (C=O) groups excluding carboxylic acids is 2. The number of fused-ring (bicyclic) bond motifs is 1. The number of thiazole rings is 1. The second-order valence-electron chi connectivity index (χ2n) is 8.90. The van der Waals surface area contributed by atoms with Crippen molar-refractivity contribution in [1.82, 2.24) is 30.2 Å². The molecule has 1 saturated heterocycles. The molecule has 0 unspecified atom stereocenters. The molecule has 0 radical (unpaired) electrons. The van der Waals surface area contributed by atoms with Gasteiger partial charge in [0.05, 0.1) is 21.8 Å². The molecule has 1 saturated carbocycles. The number of anilines is 2. The Bertz CT molecular complexity index is 1550. The fraction of sp³-hybridized carbons (Fsp3) is 0.240. The van der Waals surface area contributed by atoms with Gasteiger partial charge in [0.1, 0.15) is 17.3 Å². The average Bonchev–Trinajstić information content (AvgIpc) is 3.35. The Kier molecular flexibility index (Phi) is 5.41. The highest BCUT2D eigenvalue weighted by Crippen LogP contribution is 2.33. The molecule has 0 bridgehead atoms. The number of aryl methyl sites for hydroxylation is 2. The van der Waals surface area contributed by atoms with Crippen molar-refractivity contribution in [3.05, 3.63) is 64.1 Å². The number of urea groups is 1. The number of benzene rings is 1. The number of nitrogens with one attached hydrogen (secondary N) is 4. The molecule has 2 aliphatic rings. The van der Waals surface area contributed by atoms with Gasteiger partial charge in [-0.3, -0.25) is 10.1 Å². The summed E-state index contributed by atoms with van der Waals surface area (Å²) in [5, 5.41) is 17.2. The van der Waals surface area contributed by atoms with Crippen LogP contribution in [-0.4, -0.2) is 37.6 Å². The molecule has 10 nitrogen and oxygen atoms in total. The van der Waals surface area contributed by atoms with Gasteiger partial charge in [-0.25, -0.2) is 14.8 Å². The van der Waals surface area contributed by atoms with E-state index < -0.39 is 11.9 Å². The van der Waals surface area contributed by atoms with Crippen LogP contribution in [0.1, 0.15) is 34.7 Å². The number of hydrogen-bond acceptors (Lipinski definition) is 8. The Morgan fingerprint density at radius 3 is 2.72 bits per heavy atom. The molecular weight excluding hydrogens is 476 g/mol. The molecule has 4 heterocycles. The first-order valence-electron chi connectivity index (χ1n) is 11.7. The first kappa shape index (κ1) is 22.2. The molecule has 4 aromatic rings. The van der Waals surface area contributed by atoms with Gasteiger partial charge in [-0.2, -0.15) is 9.61 Å². The first-order valence-corrected chi connectivity index (χ1v) is 12.5. The fourth-order valence-electron chi connectivity index (χ4n) is 4.21. The minimum absolute atomic E-state index is 0.163. The van der Waals surface area contributed by atoms with E-state index in [-0.39, 0.29) is 5.70 Å². The van der Waals surface area contributed by atoms with Crippen LogP contribution in [0.25, 0.3) is 22.2 Å². The van der Waals surface area contributed by atoms with E-state index in [1.54, 1.807) is 28.1 Å². The molecule has 4 N–H and O–H groups in total. The smallest absolute Gasteiger partial charge is 0.326 e. The largest absolute Gasteiger partial charge is 0.367 e. The van der Waals surface area contributed by atoms with E-state index in [4.69, 9.17) is 4.98 Å². The van der Waals surface area contributed by atoms with E-state index in [9.17, 15) is 9.59 Å². The number of carbonyl (C=O) groups is 2. The van der Waals surface area contributed by atoms with Gasteiger partial charge in [-0.15, -0.1) is 11.3 Å². The Balaban J connectivity index is 1.34. The normalized spacial score (nSPS) is 16.4. The van der Waals surface area contributed by atoms with Gasteiger partial charge in [-0.1, -0.05) is 24.3 Å². The number of rotatable bonds is 7. The SMILES string of the molecule is Cc1nc(C)c(-c2ccccc2CNc2cc(NC3CC3)n3ncc(/C=C4\NC(=O)NC4=O)c3n2)s1. The van der Waals surface area contributed by atoms with Crippen LogP contribution in [-0.2, 0) is 11.3 Å².